The van der Waals surface area contributed by atoms with Gasteiger partial charge in [-0.25, -0.2) is 0 Å². The number of anilines is 1. The lowest BCUT2D eigenvalue weighted by Gasteiger charge is -2.12. The predicted octanol–water partition coefficient (Wildman–Crippen LogP) is 4.64. The van der Waals surface area contributed by atoms with Gasteiger partial charge < -0.3 is 19.4 Å². The number of carbonyl (C=O) groups excluding carboxylic acids is 1. The number of nitrogens with zero attached hydrogens (tertiary/aromatic N) is 4. The van der Waals surface area contributed by atoms with E-state index in [4.69, 9.17) is 9.47 Å². The summed E-state index contributed by atoms with van der Waals surface area (Å²) in [5.74, 6) is 2.00. The second kappa shape index (κ2) is 10.9. The van der Waals surface area contributed by atoms with Gasteiger partial charge in [0.05, 0.1) is 17.9 Å². The van der Waals surface area contributed by atoms with E-state index in [-0.39, 0.29) is 18.3 Å². The summed E-state index contributed by atoms with van der Waals surface area (Å²) in [6, 6.07) is 8.07. The van der Waals surface area contributed by atoms with E-state index in [9.17, 15) is 10.1 Å². The summed E-state index contributed by atoms with van der Waals surface area (Å²) in [6.45, 7) is 4.72. The molecule has 0 radical (unpaired) electrons. The van der Waals surface area contributed by atoms with Crippen molar-refractivity contribution in [3.8, 4) is 17.6 Å². The number of aromatic nitrogens is 3. The highest BCUT2D eigenvalue weighted by atomic mass is 32.2. The molecule has 3 aromatic rings. The van der Waals surface area contributed by atoms with Crippen molar-refractivity contribution >= 4 is 34.0 Å². The fourth-order valence-electron chi connectivity index (χ4n) is 3.81. The molecule has 1 N–H and O–H groups in total. The van der Waals surface area contributed by atoms with E-state index < -0.39 is 0 Å². The number of fused-ring (bicyclic) bond motifs is 1. The zero-order chi connectivity index (χ0) is 24.1. The lowest BCUT2D eigenvalue weighted by atomic mass is 9.96. The lowest BCUT2D eigenvalue weighted by Crippen LogP contribution is -2.14. The zero-order valence-corrected chi connectivity index (χ0v) is 21.1. The molecule has 178 valence electrons. The third-order valence-electron chi connectivity index (χ3n) is 5.55. The Morgan fingerprint density at radius 2 is 2.09 bits per heavy atom. The first-order valence-electron chi connectivity index (χ1n) is 11.2. The van der Waals surface area contributed by atoms with Gasteiger partial charge in [0, 0.05) is 11.9 Å². The van der Waals surface area contributed by atoms with Crippen LogP contribution in [0.25, 0.3) is 0 Å². The predicted molar refractivity (Wildman–Crippen MR) is 133 cm³/mol. The topological polar surface area (TPSA) is 102 Å². The second-order valence-corrected chi connectivity index (χ2v) is 10.0. The number of benzene rings is 1. The Hall–Kier alpha value is -3.03. The summed E-state index contributed by atoms with van der Waals surface area (Å²) >= 11 is 2.83. The number of hydrogen-bond acceptors (Lipinski definition) is 8. The average Bonchev–Trinajstić information content (AvgIpc) is 3.36. The van der Waals surface area contributed by atoms with Crippen LogP contribution in [-0.2, 0) is 31.3 Å². The minimum Gasteiger partial charge on any atom is -0.490 e. The molecule has 0 saturated heterocycles. The van der Waals surface area contributed by atoms with Gasteiger partial charge in [0.25, 0.3) is 0 Å². The number of nitriles is 1. The first-order valence-corrected chi connectivity index (χ1v) is 13.0. The molecule has 34 heavy (non-hydrogen) atoms. The highest BCUT2D eigenvalue weighted by Gasteiger charge is 2.22. The number of carbonyl (C=O) groups is 1. The van der Waals surface area contributed by atoms with Crippen LogP contribution in [-0.4, -0.2) is 33.0 Å². The van der Waals surface area contributed by atoms with E-state index >= 15 is 0 Å². The number of nitrogens with one attached hydrogen (secondary N) is 1. The highest BCUT2D eigenvalue weighted by Crippen LogP contribution is 2.37. The van der Waals surface area contributed by atoms with Crippen molar-refractivity contribution in [3.63, 3.8) is 0 Å². The molecule has 0 unspecified atom stereocenters. The third-order valence-corrected chi connectivity index (χ3v) is 7.78. The van der Waals surface area contributed by atoms with Gasteiger partial charge in [0.2, 0.25) is 5.91 Å². The molecule has 8 nitrogen and oxygen atoms in total. The van der Waals surface area contributed by atoms with Crippen LogP contribution in [0, 0.1) is 18.3 Å². The van der Waals surface area contributed by atoms with E-state index in [1.54, 1.807) is 0 Å². The quantitative estimate of drug-likeness (QED) is 0.430. The van der Waals surface area contributed by atoms with E-state index in [1.807, 2.05) is 43.7 Å². The lowest BCUT2D eigenvalue weighted by molar-refractivity contribution is -0.113. The molecule has 2 aromatic heterocycles. The molecule has 1 aromatic carbocycles. The Kier molecular flexibility index (Phi) is 7.75. The van der Waals surface area contributed by atoms with Crippen LogP contribution in [0.3, 0.4) is 0 Å². The highest BCUT2D eigenvalue weighted by molar-refractivity contribution is 7.99. The van der Waals surface area contributed by atoms with Gasteiger partial charge in [-0.1, -0.05) is 17.8 Å². The average molecular weight is 498 g/mol. The van der Waals surface area contributed by atoms with Crippen molar-refractivity contribution in [3.05, 3.63) is 45.6 Å². The van der Waals surface area contributed by atoms with Crippen LogP contribution in [0.15, 0.2) is 23.4 Å². The molecular weight excluding hydrogens is 470 g/mol. The smallest absolute Gasteiger partial charge is 0.235 e. The van der Waals surface area contributed by atoms with E-state index in [1.165, 1.54) is 28.0 Å². The van der Waals surface area contributed by atoms with Crippen LogP contribution in [0.4, 0.5) is 5.00 Å². The normalized spacial score (nSPS) is 12.6. The summed E-state index contributed by atoms with van der Waals surface area (Å²) < 4.78 is 13.4. The minimum absolute atomic E-state index is 0.165. The van der Waals surface area contributed by atoms with Gasteiger partial charge in [-0.05, 0) is 62.8 Å². The Bertz CT molecular complexity index is 1230. The summed E-state index contributed by atoms with van der Waals surface area (Å²) in [5.41, 5.74) is 2.83. The molecule has 1 amide bonds. The van der Waals surface area contributed by atoms with Crippen molar-refractivity contribution in [1.82, 2.24) is 14.8 Å². The summed E-state index contributed by atoms with van der Waals surface area (Å²) in [5, 5.41) is 22.2. The van der Waals surface area contributed by atoms with E-state index in [2.05, 4.69) is 21.6 Å². The second-order valence-electron chi connectivity index (χ2n) is 7.99. The summed E-state index contributed by atoms with van der Waals surface area (Å²) in [4.78, 5) is 13.8. The number of thiophene rings is 1. The maximum atomic E-state index is 12.6. The van der Waals surface area contributed by atoms with Gasteiger partial charge in [0.15, 0.2) is 22.5 Å². The Balaban J connectivity index is 1.35. The molecule has 1 aliphatic rings. The molecule has 0 fully saturated rings. The summed E-state index contributed by atoms with van der Waals surface area (Å²) in [7, 11) is 1.85. The monoisotopic (exact) mass is 497 g/mol. The zero-order valence-electron chi connectivity index (χ0n) is 19.5. The van der Waals surface area contributed by atoms with Crippen LogP contribution < -0.4 is 14.8 Å². The number of aryl methyl sites for hydroxylation is 2. The standard InChI is InChI=1S/C24H27N5O3S2/c1-4-31-19-11-15(2)9-10-18(19)32-13-21-27-28-24(29(21)3)33-14-22(30)26-23-17(12-25)16-7-5-6-8-20(16)34-23/h9-11H,4-8,13-14H2,1-3H3,(H,26,30). The Morgan fingerprint density at radius 3 is 2.88 bits per heavy atom. The number of rotatable bonds is 9. The number of thioether (sulfide) groups is 1. The van der Waals surface area contributed by atoms with Crippen molar-refractivity contribution in [2.24, 2.45) is 7.05 Å². The van der Waals surface area contributed by atoms with E-state index in [0.29, 0.717) is 39.7 Å². The van der Waals surface area contributed by atoms with Crippen molar-refractivity contribution in [2.45, 2.75) is 51.3 Å². The maximum Gasteiger partial charge on any atom is 0.235 e. The van der Waals surface area contributed by atoms with Crippen LogP contribution >= 0.6 is 23.1 Å². The molecule has 0 aliphatic heterocycles. The first-order chi connectivity index (χ1) is 16.5. The van der Waals surface area contributed by atoms with Crippen LogP contribution in [0.2, 0.25) is 0 Å². The molecule has 10 heteroatoms. The summed E-state index contributed by atoms with van der Waals surface area (Å²) in [6.07, 6.45) is 4.13. The van der Waals surface area contributed by atoms with Gasteiger partial charge in [-0.3, -0.25) is 4.79 Å². The van der Waals surface area contributed by atoms with Gasteiger partial charge >= 0.3 is 0 Å². The molecule has 2 heterocycles. The van der Waals surface area contributed by atoms with Crippen molar-refractivity contribution < 1.29 is 14.3 Å². The Labute approximate surface area is 207 Å². The first kappa shape index (κ1) is 24.1. The van der Waals surface area contributed by atoms with Gasteiger partial charge in [-0.2, -0.15) is 5.26 Å². The fourth-order valence-corrected chi connectivity index (χ4v) is 5.79. The SMILES string of the molecule is CCOc1cc(C)ccc1OCc1nnc(SCC(=O)Nc2sc3c(c2C#N)CCCC3)n1C. The molecule has 0 atom stereocenters. The largest absolute Gasteiger partial charge is 0.490 e. The Morgan fingerprint density at radius 1 is 1.26 bits per heavy atom. The number of ether oxygens (including phenoxy) is 2. The van der Waals surface area contributed by atoms with Gasteiger partial charge in [-0.15, -0.1) is 21.5 Å². The minimum atomic E-state index is -0.165. The number of amides is 1. The molecule has 0 bridgehead atoms. The van der Waals surface area contributed by atoms with E-state index in [0.717, 1.165) is 36.8 Å². The van der Waals surface area contributed by atoms with Crippen molar-refractivity contribution in [1.29, 1.82) is 5.26 Å². The molecule has 4 rings (SSSR count). The molecule has 0 spiro atoms. The third kappa shape index (κ3) is 5.37. The maximum absolute atomic E-state index is 12.6. The van der Waals surface area contributed by atoms with Gasteiger partial charge in [0.1, 0.15) is 17.7 Å². The van der Waals surface area contributed by atoms with Crippen LogP contribution in [0.5, 0.6) is 11.5 Å². The number of hydrogen-bond donors (Lipinski definition) is 1. The molecule has 1 aliphatic carbocycles. The van der Waals surface area contributed by atoms with Crippen molar-refractivity contribution in [2.75, 3.05) is 17.7 Å². The molecular formula is C24H27N5O3S2. The fraction of sp³-hybridized carbons (Fsp3) is 0.417. The molecule has 0 saturated carbocycles. The van der Waals surface area contributed by atoms with Crippen LogP contribution in [0.1, 0.15) is 47.2 Å².